The number of ether oxygens (including phenoxy) is 1. The Labute approximate surface area is 224 Å². The normalized spacial score (nSPS) is 15.7. The number of amides is 2. The molecule has 0 aliphatic carbocycles. The number of carbonyl (C=O) groups is 2. The van der Waals surface area contributed by atoms with Gasteiger partial charge >= 0.3 is 0 Å². The summed E-state index contributed by atoms with van der Waals surface area (Å²) < 4.78 is 35.9. The Balaban J connectivity index is 2.00. The predicted molar refractivity (Wildman–Crippen MR) is 142 cm³/mol. The quantitative estimate of drug-likeness (QED) is 0.435. The van der Waals surface area contributed by atoms with Crippen molar-refractivity contribution in [1.82, 2.24) is 15.3 Å². The second-order valence-corrected chi connectivity index (χ2v) is 10.8. The summed E-state index contributed by atoms with van der Waals surface area (Å²) in [6, 6.07) is 10.5. The van der Waals surface area contributed by atoms with Crippen LogP contribution in [0.15, 0.2) is 42.5 Å². The van der Waals surface area contributed by atoms with Crippen LogP contribution in [0, 0.1) is 11.6 Å². The lowest BCUT2D eigenvalue weighted by atomic mass is 9.87. The van der Waals surface area contributed by atoms with E-state index in [4.69, 9.17) is 14.7 Å². The summed E-state index contributed by atoms with van der Waals surface area (Å²) >= 11 is 1.21. The van der Waals surface area contributed by atoms with Gasteiger partial charge in [-0.3, -0.25) is 19.3 Å². The van der Waals surface area contributed by atoms with E-state index in [1.54, 1.807) is 43.0 Å². The minimum absolute atomic E-state index is 0.0374. The molecule has 0 fully saturated rings. The lowest BCUT2D eigenvalue weighted by molar-refractivity contribution is -0.132. The van der Waals surface area contributed by atoms with E-state index in [1.165, 1.54) is 28.8 Å². The van der Waals surface area contributed by atoms with Gasteiger partial charge in [-0.25, -0.2) is 18.9 Å². The number of hydroxylamine groups is 1. The molecule has 4 rings (SSSR count). The molecule has 1 unspecified atom stereocenters. The van der Waals surface area contributed by atoms with Gasteiger partial charge in [0.1, 0.15) is 29.7 Å². The van der Waals surface area contributed by atoms with E-state index in [2.05, 4.69) is 5.48 Å². The van der Waals surface area contributed by atoms with Crippen molar-refractivity contribution in [2.45, 2.75) is 38.4 Å². The van der Waals surface area contributed by atoms with E-state index in [1.807, 2.05) is 20.8 Å². The van der Waals surface area contributed by atoms with Crippen LogP contribution in [0.25, 0.3) is 5.69 Å². The first-order chi connectivity index (χ1) is 18.0. The number of thioether (sulfide) groups is 1. The Morgan fingerprint density at radius 1 is 1.18 bits per heavy atom. The molecule has 0 spiro atoms. The van der Waals surface area contributed by atoms with Gasteiger partial charge in [-0.1, -0.05) is 26.8 Å². The second-order valence-electron chi connectivity index (χ2n) is 9.74. The molecule has 3 aromatic rings. The maximum absolute atomic E-state index is 15.2. The van der Waals surface area contributed by atoms with E-state index >= 15 is 4.39 Å². The number of anilines is 1. The molecule has 11 heteroatoms. The molecule has 1 aliphatic rings. The molecule has 1 atom stereocenters. The molecular formula is C27H30F2N4O4S. The van der Waals surface area contributed by atoms with Crippen molar-refractivity contribution in [3.8, 4) is 11.4 Å². The number of halogens is 2. The van der Waals surface area contributed by atoms with Crippen molar-refractivity contribution in [2.75, 3.05) is 30.9 Å². The summed E-state index contributed by atoms with van der Waals surface area (Å²) in [6.45, 7) is 7.55. The summed E-state index contributed by atoms with van der Waals surface area (Å²) in [6.07, 6.45) is 0. The Morgan fingerprint density at radius 3 is 2.50 bits per heavy atom. The lowest BCUT2D eigenvalue weighted by Gasteiger charge is -2.24. The van der Waals surface area contributed by atoms with E-state index in [-0.39, 0.29) is 30.4 Å². The first-order valence-corrected chi connectivity index (χ1v) is 13.1. The summed E-state index contributed by atoms with van der Waals surface area (Å²) in [5.41, 5.74) is 3.86. The molecule has 1 aromatic heterocycles. The minimum Gasteiger partial charge on any atom is -0.497 e. The van der Waals surface area contributed by atoms with Gasteiger partial charge in [0.05, 0.1) is 36.1 Å². The third kappa shape index (κ3) is 5.53. The number of nitrogens with one attached hydrogen (secondary N) is 1. The van der Waals surface area contributed by atoms with Crippen molar-refractivity contribution in [1.29, 1.82) is 0 Å². The van der Waals surface area contributed by atoms with Gasteiger partial charge in [0.25, 0.3) is 5.91 Å². The largest absolute Gasteiger partial charge is 0.497 e. The average molecular weight is 545 g/mol. The number of carbonyl (C=O) groups excluding carboxylic acids is 2. The van der Waals surface area contributed by atoms with E-state index < -0.39 is 28.2 Å². The van der Waals surface area contributed by atoms with Gasteiger partial charge in [0.2, 0.25) is 5.91 Å². The highest BCUT2D eigenvalue weighted by Crippen LogP contribution is 2.49. The standard InChI is InChI=1S/C27H30F2N4O4S/c1-6-37-31-21(34)14-32-22(35)15-38-24(19-12-7-16(28)13-20(19)29)23-25(27(2,3)4)30-33(26(23)32)17-8-10-18(36-5)11-9-17/h7-13,24H,6,14-15H2,1-5H3,(H,31,34). The molecule has 0 radical (unpaired) electrons. The number of aromatic nitrogens is 2. The van der Waals surface area contributed by atoms with E-state index in [0.29, 0.717) is 28.5 Å². The monoisotopic (exact) mass is 544 g/mol. The fourth-order valence-corrected chi connectivity index (χ4v) is 5.48. The smallest absolute Gasteiger partial charge is 0.263 e. The van der Waals surface area contributed by atoms with Crippen molar-refractivity contribution >= 4 is 29.4 Å². The van der Waals surface area contributed by atoms with Crippen LogP contribution in [-0.2, 0) is 19.8 Å². The molecule has 0 bridgehead atoms. The molecular weight excluding hydrogens is 514 g/mol. The Kier molecular flexibility index (Phi) is 8.08. The van der Waals surface area contributed by atoms with Gasteiger partial charge in [-0.05, 0) is 37.3 Å². The van der Waals surface area contributed by atoms with Crippen LogP contribution in [-0.4, -0.2) is 47.6 Å². The molecule has 2 amide bonds. The molecule has 2 aromatic carbocycles. The predicted octanol–water partition coefficient (Wildman–Crippen LogP) is 4.69. The number of hydrogen-bond donors (Lipinski definition) is 1. The molecule has 0 saturated carbocycles. The number of methoxy groups -OCH3 is 1. The van der Waals surface area contributed by atoms with Gasteiger partial charge in [0.15, 0.2) is 0 Å². The SMILES string of the molecule is CCONC(=O)CN1C(=O)CSC(c2ccc(F)cc2F)c2c(C(C)(C)C)nn(-c3ccc(OC)cc3)c21. The molecule has 0 saturated heterocycles. The van der Waals surface area contributed by atoms with Gasteiger partial charge in [0, 0.05) is 22.6 Å². The molecule has 2 heterocycles. The van der Waals surface area contributed by atoms with E-state index in [0.717, 1.165) is 6.07 Å². The van der Waals surface area contributed by atoms with Gasteiger partial charge in [-0.2, -0.15) is 5.10 Å². The maximum Gasteiger partial charge on any atom is 0.263 e. The fourth-order valence-electron chi connectivity index (χ4n) is 4.26. The number of hydrogen-bond acceptors (Lipinski definition) is 6. The van der Waals surface area contributed by atoms with E-state index in [9.17, 15) is 14.0 Å². The van der Waals surface area contributed by atoms with Gasteiger partial charge < -0.3 is 4.74 Å². The average Bonchev–Trinajstić information content (AvgIpc) is 3.22. The third-order valence-corrected chi connectivity index (χ3v) is 7.23. The summed E-state index contributed by atoms with van der Waals surface area (Å²) in [5, 5.41) is 4.23. The van der Waals surface area contributed by atoms with Gasteiger partial charge in [-0.15, -0.1) is 11.8 Å². The highest BCUT2D eigenvalue weighted by molar-refractivity contribution is 8.00. The van der Waals surface area contributed by atoms with Crippen molar-refractivity contribution < 1.29 is 27.9 Å². The topological polar surface area (TPSA) is 85.7 Å². The van der Waals surface area contributed by atoms with Crippen LogP contribution in [0.5, 0.6) is 5.75 Å². The molecule has 8 nitrogen and oxygen atoms in total. The Hall–Kier alpha value is -3.44. The Bertz CT molecular complexity index is 1340. The summed E-state index contributed by atoms with van der Waals surface area (Å²) in [5.74, 6) is -1.36. The second kappa shape index (κ2) is 11.1. The number of fused-ring (bicyclic) bond motifs is 1. The first kappa shape index (κ1) is 27.6. The maximum atomic E-state index is 15.2. The van der Waals surface area contributed by atoms with Crippen LogP contribution in [0.2, 0.25) is 0 Å². The van der Waals surface area contributed by atoms with Crippen molar-refractivity contribution in [3.63, 3.8) is 0 Å². The fraction of sp³-hybridized carbons (Fsp3) is 0.370. The zero-order valence-electron chi connectivity index (χ0n) is 21.9. The molecule has 1 aliphatic heterocycles. The number of rotatable bonds is 7. The highest BCUT2D eigenvalue weighted by Gasteiger charge is 2.40. The molecule has 202 valence electrons. The van der Waals surface area contributed by atoms with Crippen LogP contribution in [0.3, 0.4) is 0 Å². The zero-order valence-corrected chi connectivity index (χ0v) is 22.7. The number of nitrogens with zero attached hydrogens (tertiary/aromatic N) is 3. The lowest BCUT2D eigenvalue weighted by Crippen LogP contribution is -2.42. The zero-order chi connectivity index (χ0) is 27.6. The van der Waals surface area contributed by atoms with Crippen LogP contribution in [0.4, 0.5) is 14.6 Å². The summed E-state index contributed by atoms with van der Waals surface area (Å²) in [7, 11) is 1.56. The van der Waals surface area contributed by atoms with Crippen LogP contribution < -0.4 is 15.1 Å². The minimum atomic E-state index is -0.722. The van der Waals surface area contributed by atoms with Crippen LogP contribution >= 0.6 is 11.8 Å². The van der Waals surface area contributed by atoms with Crippen molar-refractivity contribution in [3.05, 3.63) is 70.9 Å². The molecule has 38 heavy (non-hydrogen) atoms. The Morgan fingerprint density at radius 2 is 1.89 bits per heavy atom. The van der Waals surface area contributed by atoms with Crippen molar-refractivity contribution in [2.24, 2.45) is 0 Å². The summed E-state index contributed by atoms with van der Waals surface area (Å²) in [4.78, 5) is 32.6. The third-order valence-electron chi connectivity index (χ3n) is 5.99. The molecule has 1 N–H and O–H groups in total. The van der Waals surface area contributed by atoms with Crippen LogP contribution in [0.1, 0.15) is 49.8 Å². The highest BCUT2D eigenvalue weighted by atomic mass is 32.2. The first-order valence-electron chi connectivity index (χ1n) is 12.1. The number of benzene rings is 2.